The van der Waals surface area contributed by atoms with Crippen LogP contribution in [-0.2, 0) is 6.54 Å². The predicted octanol–water partition coefficient (Wildman–Crippen LogP) is 3.00. The standard InChI is InChI=1S/C18H19N5/c1-13-22-18-17(23(13)12-14-6-4-3-5-7-14)10-15(11-21-18)16(20-2)8-9-19/h3-11,19-20H,12H2,1-2H3/b16-8-,19-9?. The topological polar surface area (TPSA) is 66.6 Å². The maximum absolute atomic E-state index is 7.26. The van der Waals surface area contributed by atoms with Gasteiger partial charge in [0, 0.05) is 37.3 Å². The lowest BCUT2D eigenvalue weighted by molar-refractivity contribution is 0.786. The number of allylic oxidation sites excluding steroid dienone is 1. The van der Waals surface area contributed by atoms with Gasteiger partial charge in [-0.1, -0.05) is 30.3 Å². The second-order valence-corrected chi connectivity index (χ2v) is 5.29. The second kappa shape index (κ2) is 6.44. The highest BCUT2D eigenvalue weighted by molar-refractivity contribution is 5.84. The minimum absolute atomic E-state index is 0.743. The molecule has 0 aliphatic rings. The normalized spacial score (nSPS) is 11.7. The van der Waals surface area contributed by atoms with Gasteiger partial charge in [0.25, 0.3) is 0 Å². The number of rotatable bonds is 5. The second-order valence-electron chi connectivity index (χ2n) is 5.29. The van der Waals surface area contributed by atoms with Crippen LogP contribution in [0, 0.1) is 12.3 Å². The number of hydrogen-bond donors (Lipinski definition) is 2. The van der Waals surface area contributed by atoms with E-state index in [2.05, 4.69) is 38.1 Å². The monoisotopic (exact) mass is 305 g/mol. The molecule has 2 heterocycles. The zero-order valence-electron chi connectivity index (χ0n) is 13.2. The molecule has 1 aromatic carbocycles. The van der Waals surface area contributed by atoms with Crippen LogP contribution in [0.5, 0.6) is 0 Å². The molecule has 0 bridgehead atoms. The molecule has 23 heavy (non-hydrogen) atoms. The molecule has 0 aliphatic heterocycles. The van der Waals surface area contributed by atoms with Crippen molar-refractivity contribution >= 4 is 23.1 Å². The van der Waals surface area contributed by atoms with E-state index in [1.54, 1.807) is 12.3 Å². The highest BCUT2D eigenvalue weighted by Gasteiger charge is 2.11. The first-order chi connectivity index (χ1) is 11.2. The minimum atomic E-state index is 0.743. The van der Waals surface area contributed by atoms with Crippen LogP contribution in [0.3, 0.4) is 0 Å². The van der Waals surface area contributed by atoms with Crippen molar-refractivity contribution in [1.29, 1.82) is 5.41 Å². The summed E-state index contributed by atoms with van der Waals surface area (Å²) in [5.74, 6) is 0.940. The third-order valence-corrected chi connectivity index (χ3v) is 3.81. The van der Waals surface area contributed by atoms with Crippen LogP contribution in [0.4, 0.5) is 0 Å². The lowest BCUT2D eigenvalue weighted by Crippen LogP contribution is -2.06. The van der Waals surface area contributed by atoms with Crippen molar-refractivity contribution in [3.8, 4) is 0 Å². The first-order valence-corrected chi connectivity index (χ1v) is 7.48. The van der Waals surface area contributed by atoms with E-state index in [0.717, 1.165) is 34.8 Å². The van der Waals surface area contributed by atoms with Crippen LogP contribution in [0.1, 0.15) is 17.0 Å². The first kappa shape index (κ1) is 15.0. The lowest BCUT2D eigenvalue weighted by atomic mass is 10.2. The maximum Gasteiger partial charge on any atom is 0.177 e. The van der Waals surface area contributed by atoms with Crippen LogP contribution in [0.25, 0.3) is 16.9 Å². The van der Waals surface area contributed by atoms with Gasteiger partial charge >= 0.3 is 0 Å². The number of fused-ring (bicyclic) bond motifs is 1. The van der Waals surface area contributed by atoms with Crippen molar-refractivity contribution in [1.82, 2.24) is 19.9 Å². The number of pyridine rings is 1. The third-order valence-electron chi connectivity index (χ3n) is 3.81. The van der Waals surface area contributed by atoms with Crippen LogP contribution in [-0.4, -0.2) is 27.8 Å². The molecule has 2 aromatic heterocycles. The van der Waals surface area contributed by atoms with Gasteiger partial charge in [0.15, 0.2) is 5.65 Å². The average molecular weight is 305 g/mol. The molecule has 2 N–H and O–H groups in total. The summed E-state index contributed by atoms with van der Waals surface area (Å²) in [6.07, 6.45) is 4.77. The van der Waals surface area contributed by atoms with Crippen molar-refractivity contribution in [3.63, 3.8) is 0 Å². The zero-order valence-corrected chi connectivity index (χ0v) is 13.2. The largest absolute Gasteiger partial charge is 0.388 e. The van der Waals surface area contributed by atoms with Crippen molar-refractivity contribution in [2.75, 3.05) is 7.05 Å². The number of nitrogens with one attached hydrogen (secondary N) is 2. The summed E-state index contributed by atoms with van der Waals surface area (Å²) >= 11 is 0. The van der Waals surface area contributed by atoms with Gasteiger partial charge in [0.2, 0.25) is 0 Å². The molecule has 0 saturated carbocycles. The Bertz CT molecular complexity index is 862. The summed E-state index contributed by atoms with van der Waals surface area (Å²) in [6, 6.07) is 12.4. The Labute approximate surface area is 135 Å². The van der Waals surface area contributed by atoms with E-state index in [1.165, 1.54) is 11.8 Å². The van der Waals surface area contributed by atoms with Gasteiger partial charge in [-0.3, -0.25) is 0 Å². The third kappa shape index (κ3) is 2.99. The molecule has 0 aliphatic carbocycles. The predicted molar refractivity (Wildman–Crippen MR) is 93.6 cm³/mol. The van der Waals surface area contributed by atoms with Gasteiger partial charge in [0.1, 0.15) is 5.82 Å². The van der Waals surface area contributed by atoms with Gasteiger partial charge in [-0.05, 0) is 24.6 Å². The molecule has 0 atom stereocenters. The van der Waals surface area contributed by atoms with E-state index in [-0.39, 0.29) is 0 Å². The van der Waals surface area contributed by atoms with Gasteiger partial charge in [-0.2, -0.15) is 0 Å². The molecule has 3 aromatic rings. The Morgan fingerprint density at radius 3 is 2.78 bits per heavy atom. The van der Waals surface area contributed by atoms with Crippen molar-refractivity contribution in [2.45, 2.75) is 13.5 Å². The Balaban J connectivity index is 2.09. The van der Waals surface area contributed by atoms with E-state index in [4.69, 9.17) is 5.41 Å². The smallest absolute Gasteiger partial charge is 0.177 e. The Hall–Kier alpha value is -2.95. The molecule has 0 spiro atoms. The van der Waals surface area contributed by atoms with Crippen molar-refractivity contribution < 1.29 is 0 Å². The van der Waals surface area contributed by atoms with Crippen molar-refractivity contribution in [3.05, 3.63) is 65.6 Å². The molecule has 5 heteroatoms. The van der Waals surface area contributed by atoms with E-state index in [0.29, 0.717) is 0 Å². The summed E-state index contributed by atoms with van der Waals surface area (Å²) in [7, 11) is 1.84. The van der Waals surface area contributed by atoms with E-state index in [9.17, 15) is 0 Å². The number of aryl methyl sites for hydroxylation is 1. The SMILES string of the molecule is CN/C(=C\C=N)c1cnc2nc(C)n(Cc3ccccc3)c2c1. The molecule has 116 valence electrons. The number of imidazole rings is 1. The molecule has 0 amide bonds. The number of benzene rings is 1. The summed E-state index contributed by atoms with van der Waals surface area (Å²) in [5.41, 5.74) is 4.77. The first-order valence-electron chi connectivity index (χ1n) is 7.48. The van der Waals surface area contributed by atoms with Gasteiger partial charge in [-0.15, -0.1) is 0 Å². The molecule has 3 rings (SSSR count). The van der Waals surface area contributed by atoms with E-state index in [1.807, 2.05) is 32.2 Å². The fourth-order valence-corrected chi connectivity index (χ4v) is 2.64. The average Bonchev–Trinajstić information content (AvgIpc) is 2.89. The fourth-order valence-electron chi connectivity index (χ4n) is 2.64. The Morgan fingerprint density at radius 1 is 1.30 bits per heavy atom. The Morgan fingerprint density at radius 2 is 2.09 bits per heavy atom. The molecule has 0 fully saturated rings. The summed E-state index contributed by atoms with van der Waals surface area (Å²) in [6.45, 7) is 2.76. The quantitative estimate of drug-likeness (QED) is 0.712. The highest BCUT2D eigenvalue weighted by atomic mass is 15.1. The zero-order chi connectivity index (χ0) is 16.2. The summed E-state index contributed by atoms with van der Waals surface area (Å²) in [4.78, 5) is 9.02. The lowest BCUT2D eigenvalue weighted by Gasteiger charge is -2.09. The number of aromatic nitrogens is 3. The van der Waals surface area contributed by atoms with Crippen LogP contribution >= 0.6 is 0 Å². The van der Waals surface area contributed by atoms with Gasteiger partial charge < -0.3 is 15.3 Å². The molecule has 0 saturated heterocycles. The van der Waals surface area contributed by atoms with Crippen LogP contribution in [0.15, 0.2) is 48.7 Å². The van der Waals surface area contributed by atoms with Crippen LogP contribution in [0.2, 0.25) is 0 Å². The highest BCUT2D eigenvalue weighted by Crippen LogP contribution is 2.20. The molecule has 0 unspecified atom stereocenters. The fraction of sp³-hybridized carbons (Fsp3) is 0.167. The molecular weight excluding hydrogens is 286 g/mol. The van der Waals surface area contributed by atoms with Gasteiger partial charge in [0.05, 0.1) is 5.52 Å². The molecule has 0 radical (unpaired) electrons. The van der Waals surface area contributed by atoms with Crippen molar-refractivity contribution in [2.24, 2.45) is 0 Å². The summed E-state index contributed by atoms with van der Waals surface area (Å²) in [5, 5.41) is 10.4. The molecular formula is C18H19N5. The maximum atomic E-state index is 7.26. The number of hydrogen-bond acceptors (Lipinski definition) is 4. The molecule has 5 nitrogen and oxygen atoms in total. The summed E-state index contributed by atoms with van der Waals surface area (Å²) < 4.78 is 2.17. The van der Waals surface area contributed by atoms with E-state index < -0.39 is 0 Å². The van der Waals surface area contributed by atoms with Crippen LogP contribution < -0.4 is 5.32 Å². The number of nitrogens with zero attached hydrogens (tertiary/aromatic N) is 3. The Kier molecular flexibility index (Phi) is 4.19. The minimum Gasteiger partial charge on any atom is -0.388 e. The van der Waals surface area contributed by atoms with Gasteiger partial charge in [-0.25, -0.2) is 9.97 Å². The van der Waals surface area contributed by atoms with E-state index >= 15 is 0 Å².